The molecule has 0 radical (unpaired) electrons. The number of thiophene rings is 1. The number of rotatable bonds is 3. The molecule has 1 aliphatic carbocycles. The van der Waals surface area contributed by atoms with Gasteiger partial charge in [-0.1, -0.05) is 0 Å². The summed E-state index contributed by atoms with van der Waals surface area (Å²) in [6.07, 6.45) is 0.814. The molecule has 92 valence electrons. The summed E-state index contributed by atoms with van der Waals surface area (Å²) in [6, 6.07) is 2.10. The summed E-state index contributed by atoms with van der Waals surface area (Å²) in [7, 11) is 0. The highest BCUT2D eigenvalue weighted by atomic mass is 32.1. The van der Waals surface area contributed by atoms with Gasteiger partial charge in [-0.25, -0.2) is 0 Å². The summed E-state index contributed by atoms with van der Waals surface area (Å²) in [4.78, 5) is 23.2. The Labute approximate surface area is 104 Å². The normalized spacial score (nSPS) is 22.0. The Morgan fingerprint density at radius 2 is 2.29 bits per heavy atom. The van der Waals surface area contributed by atoms with Crippen molar-refractivity contribution >= 4 is 23.2 Å². The van der Waals surface area contributed by atoms with Crippen LogP contribution in [0, 0.1) is 0 Å². The first-order valence-corrected chi connectivity index (χ1v) is 6.43. The standard InChI is InChI=1S/C12H15NO3S/c1-7(14)13-11-5-9(6-16-8(2)15)12-10(11)3-4-17-12/h3-4,9,11H,5-6H2,1-2H3,(H,13,14)/t9-,11+/m0/s1. The van der Waals surface area contributed by atoms with Crippen LogP contribution >= 0.6 is 11.3 Å². The SMILES string of the molecule is CC(=O)N[C@@H]1C[C@@H](COC(C)=O)c2sccc21. The van der Waals surface area contributed by atoms with Crippen LogP contribution in [0.3, 0.4) is 0 Å². The van der Waals surface area contributed by atoms with Crippen molar-refractivity contribution in [2.75, 3.05) is 6.61 Å². The molecule has 17 heavy (non-hydrogen) atoms. The second-order valence-corrected chi connectivity index (χ2v) is 5.18. The van der Waals surface area contributed by atoms with Crippen molar-refractivity contribution in [3.63, 3.8) is 0 Å². The Hall–Kier alpha value is -1.36. The van der Waals surface area contributed by atoms with Crippen LogP contribution in [-0.2, 0) is 14.3 Å². The highest BCUT2D eigenvalue weighted by molar-refractivity contribution is 7.10. The summed E-state index contributed by atoms with van der Waals surface area (Å²) in [5.41, 5.74) is 1.17. The Bertz CT molecular complexity index is 441. The van der Waals surface area contributed by atoms with Gasteiger partial charge in [0.1, 0.15) is 0 Å². The smallest absolute Gasteiger partial charge is 0.302 e. The van der Waals surface area contributed by atoms with Gasteiger partial charge in [0, 0.05) is 24.6 Å². The van der Waals surface area contributed by atoms with Crippen LogP contribution < -0.4 is 5.32 Å². The lowest BCUT2D eigenvalue weighted by Gasteiger charge is -2.13. The number of fused-ring (bicyclic) bond motifs is 1. The van der Waals surface area contributed by atoms with Crippen LogP contribution in [0.4, 0.5) is 0 Å². The Morgan fingerprint density at radius 1 is 1.53 bits per heavy atom. The minimum atomic E-state index is -0.258. The zero-order valence-electron chi connectivity index (χ0n) is 9.86. The lowest BCUT2D eigenvalue weighted by atomic mass is 10.1. The predicted octanol–water partition coefficient (Wildman–Crippen LogP) is 1.98. The van der Waals surface area contributed by atoms with Crippen molar-refractivity contribution < 1.29 is 14.3 Å². The molecule has 1 aromatic rings. The van der Waals surface area contributed by atoms with E-state index in [9.17, 15) is 9.59 Å². The second kappa shape index (κ2) is 4.87. The number of carbonyl (C=O) groups excluding carboxylic acids is 2. The molecule has 0 aromatic carbocycles. The molecule has 1 aliphatic rings. The average molecular weight is 253 g/mol. The lowest BCUT2D eigenvalue weighted by molar-refractivity contribution is -0.141. The third kappa shape index (κ3) is 2.66. The molecule has 0 spiro atoms. The van der Waals surface area contributed by atoms with Crippen LogP contribution in [0.1, 0.15) is 42.7 Å². The third-order valence-electron chi connectivity index (χ3n) is 2.86. The van der Waals surface area contributed by atoms with Gasteiger partial charge in [0.25, 0.3) is 0 Å². The first-order chi connectivity index (χ1) is 8.08. The van der Waals surface area contributed by atoms with Gasteiger partial charge in [-0.2, -0.15) is 0 Å². The molecule has 0 bridgehead atoms. The second-order valence-electron chi connectivity index (χ2n) is 4.23. The lowest BCUT2D eigenvalue weighted by Crippen LogP contribution is -2.24. The van der Waals surface area contributed by atoms with Crippen LogP contribution in [0.25, 0.3) is 0 Å². The van der Waals surface area contributed by atoms with E-state index in [1.807, 2.05) is 11.4 Å². The average Bonchev–Trinajstić information content (AvgIpc) is 2.78. The molecule has 0 aliphatic heterocycles. The van der Waals surface area contributed by atoms with E-state index in [1.54, 1.807) is 11.3 Å². The van der Waals surface area contributed by atoms with Crippen LogP contribution in [0.15, 0.2) is 11.4 Å². The molecule has 1 amide bonds. The van der Waals surface area contributed by atoms with E-state index in [2.05, 4.69) is 5.32 Å². The largest absolute Gasteiger partial charge is 0.465 e. The van der Waals surface area contributed by atoms with E-state index in [1.165, 1.54) is 24.3 Å². The van der Waals surface area contributed by atoms with Crippen LogP contribution in [-0.4, -0.2) is 18.5 Å². The maximum absolute atomic E-state index is 11.1. The molecule has 1 aromatic heterocycles. The molecular formula is C12H15NO3S. The highest BCUT2D eigenvalue weighted by Crippen LogP contribution is 2.43. The van der Waals surface area contributed by atoms with Crippen molar-refractivity contribution in [1.82, 2.24) is 5.32 Å². The van der Waals surface area contributed by atoms with Gasteiger partial charge in [0.15, 0.2) is 0 Å². The summed E-state index contributed by atoms with van der Waals surface area (Å²) in [5.74, 6) is -0.0721. The zero-order chi connectivity index (χ0) is 12.4. The number of ether oxygens (including phenoxy) is 1. The Morgan fingerprint density at radius 3 is 2.94 bits per heavy atom. The number of hydrogen-bond donors (Lipinski definition) is 1. The van der Waals surface area contributed by atoms with Crippen molar-refractivity contribution in [1.29, 1.82) is 0 Å². The van der Waals surface area contributed by atoms with Crippen molar-refractivity contribution in [2.45, 2.75) is 32.2 Å². The molecule has 2 atom stereocenters. The number of hydrogen-bond acceptors (Lipinski definition) is 4. The maximum Gasteiger partial charge on any atom is 0.302 e. The molecule has 0 unspecified atom stereocenters. The third-order valence-corrected chi connectivity index (χ3v) is 3.95. The minimum absolute atomic E-state index is 0.0275. The quantitative estimate of drug-likeness (QED) is 0.838. The molecule has 1 N–H and O–H groups in total. The fourth-order valence-electron chi connectivity index (χ4n) is 2.21. The van der Waals surface area contributed by atoms with Gasteiger partial charge < -0.3 is 10.1 Å². The molecular weight excluding hydrogens is 238 g/mol. The molecule has 1 heterocycles. The first kappa shape index (κ1) is 12.1. The van der Waals surface area contributed by atoms with E-state index in [4.69, 9.17) is 4.74 Å². The van der Waals surface area contributed by atoms with Crippen molar-refractivity contribution in [2.24, 2.45) is 0 Å². The van der Waals surface area contributed by atoms with Gasteiger partial charge in [0.2, 0.25) is 5.91 Å². The number of esters is 1. The Balaban J connectivity index is 2.08. The van der Waals surface area contributed by atoms with E-state index < -0.39 is 0 Å². The highest BCUT2D eigenvalue weighted by Gasteiger charge is 2.33. The number of amides is 1. The summed E-state index contributed by atoms with van der Waals surface area (Å²) in [6.45, 7) is 3.33. The Kier molecular flexibility index (Phi) is 3.47. The van der Waals surface area contributed by atoms with E-state index in [0.29, 0.717) is 6.61 Å². The van der Waals surface area contributed by atoms with E-state index in [0.717, 1.165) is 6.42 Å². The molecule has 0 fully saturated rings. The van der Waals surface area contributed by atoms with Gasteiger partial charge >= 0.3 is 5.97 Å². The molecule has 4 nitrogen and oxygen atoms in total. The summed E-state index contributed by atoms with van der Waals surface area (Å²) in [5, 5.41) is 4.94. The van der Waals surface area contributed by atoms with E-state index >= 15 is 0 Å². The van der Waals surface area contributed by atoms with Crippen LogP contribution in [0.5, 0.6) is 0 Å². The van der Waals surface area contributed by atoms with Gasteiger partial charge in [-0.3, -0.25) is 9.59 Å². The van der Waals surface area contributed by atoms with Gasteiger partial charge in [-0.05, 0) is 23.4 Å². The zero-order valence-corrected chi connectivity index (χ0v) is 10.7. The fourth-order valence-corrected chi connectivity index (χ4v) is 3.28. The molecule has 0 saturated heterocycles. The topological polar surface area (TPSA) is 55.4 Å². The maximum atomic E-state index is 11.1. The first-order valence-electron chi connectivity index (χ1n) is 5.55. The van der Waals surface area contributed by atoms with Crippen molar-refractivity contribution in [3.05, 3.63) is 21.9 Å². The monoisotopic (exact) mass is 253 g/mol. The summed E-state index contributed by atoms with van der Waals surface area (Å²) < 4.78 is 5.06. The van der Waals surface area contributed by atoms with Crippen molar-refractivity contribution in [3.8, 4) is 0 Å². The van der Waals surface area contributed by atoms with E-state index in [-0.39, 0.29) is 23.8 Å². The molecule has 2 rings (SSSR count). The van der Waals surface area contributed by atoms with Gasteiger partial charge in [0.05, 0.1) is 12.6 Å². The van der Waals surface area contributed by atoms with Gasteiger partial charge in [-0.15, -0.1) is 11.3 Å². The molecule has 0 saturated carbocycles. The number of carbonyl (C=O) groups is 2. The fraction of sp³-hybridized carbons (Fsp3) is 0.500. The number of nitrogens with one attached hydrogen (secondary N) is 1. The predicted molar refractivity (Wildman–Crippen MR) is 64.9 cm³/mol. The van der Waals surface area contributed by atoms with Crippen LogP contribution in [0.2, 0.25) is 0 Å². The summed E-state index contributed by atoms with van der Waals surface area (Å²) >= 11 is 1.66. The molecule has 5 heteroatoms. The minimum Gasteiger partial charge on any atom is -0.465 e.